The maximum Gasteiger partial charge on any atom is 0.250 e. The predicted octanol–water partition coefficient (Wildman–Crippen LogP) is 6.20. The number of nitrogens with one attached hydrogen (secondary N) is 1. The summed E-state index contributed by atoms with van der Waals surface area (Å²) in [6.07, 6.45) is 3.15. The van der Waals surface area contributed by atoms with Crippen molar-refractivity contribution in [1.29, 1.82) is 0 Å². The molecule has 0 bridgehead atoms. The van der Waals surface area contributed by atoms with E-state index in [0.717, 1.165) is 26.2 Å². The van der Waals surface area contributed by atoms with Gasteiger partial charge in [-0.1, -0.05) is 23.7 Å². The molecule has 0 unspecified atom stereocenters. The number of amides is 1. The van der Waals surface area contributed by atoms with Crippen LogP contribution in [0.15, 0.2) is 46.9 Å². The Labute approximate surface area is 186 Å². The summed E-state index contributed by atoms with van der Waals surface area (Å²) in [7, 11) is 3.13. The molecule has 0 aliphatic heterocycles. The summed E-state index contributed by atoms with van der Waals surface area (Å²) in [6.45, 7) is 1.97. The number of methoxy groups -OCH3 is 2. The molecule has 150 valence electrons. The zero-order chi connectivity index (χ0) is 21.0. The minimum absolute atomic E-state index is 0.271. The van der Waals surface area contributed by atoms with Crippen LogP contribution >= 0.6 is 38.9 Å². The van der Waals surface area contributed by atoms with Gasteiger partial charge in [-0.2, -0.15) is 0 Å². The topological polar surface area (TPSA) is 60.5 Å². The van der Waals surface area contributed by atoms with Crippen LogP contribution in [0.25, 0.3) is 17.3 Å². The van der Waals surface area contributed by atoms with Crippen LogP contribution in [0, 0.1) is 6.92 Å². The highest BCUT2D eigenvalue weighted by molar-refractivity contribution is 9.10. The number of ether oxygens (including phenoxy) is 2. The number of halogens is 2. The van der Waals surface area contributed by atoms with E-state index in [2.05, 4.69) is 26.2 Å². The lowest BCUT2D eigenvalue weighted by Gasteiger charge is -2.10. The average Bonchev–Trinajstić information content (AvgIpc) is 3.06. The standard InChI is InChI=1S/C21H18BrClN2O3S/c1-12-19(14-5-7-15(23)8-6-14)25-21(29-12)24-18(26)9-4-13-10-16(22)20(28-3)17(11-13)27-2/h4-11H,1-3H3,(H,24,25,26)/b9-4+. The summed E-state index contributed by atoms with van der Waals surface area (Å²) in [5.74, 6) is 0.902. The Bertz CT molecular complexity index is 1060. The second kappa shape index (κ2) is 9.43. The van der Waals surface area contributed by atoms with Gasteiger partial charge in [0.15, 0.2) is 16.6 Å². The maximum absolute atomic E-state index is 12.3. The van der Waals surface area contributed by atoms with Gasteiger partial charge in [0.05, 0.1) is 24.4 Å². The third kappa shape index (κ3) is 5.18. The van der Waals surface area contributed by atoms with E-state index in [0.29, 0.717) is 21.7 Å². The van der Waals surface area contributed by atoms with Crippen molar-refractivity contribution in [2.45, 2.75) is 6.92 Å². The number of hydrogen-bond donors (Lipinski definition) is 1. The number of carbonyl (C=O) groups excluding carboxylic acids is 1. The van der Waals surface area contributed by atoms with Gasteiger partial charge >= 0.3 is 0 Å². The number of thiazole rings is 1. The van der Waals surface area contributed by atoms with E-state index >= 15 is 0 Å². The molecule has 0 atom stereocenters. The Morgan fingerprint density at radius 3 is 2.59 bits per heavy atom. The molecule has 0 saturated heterocycles. The molecular weight excluding hydrogens is 476 g/mol. The van der Waals surface area contributed by atoms with Crippen LogP contribution in [0.5, 0.6) is 11.5 Å². The molecule has 0 aliphatic carbocycles. The Morgan fingerprint density at radius 2 is 1.93 bits per heavy atom. The highest BCUT2D eigenvalue weighted by Crippen LogP contribution is 2.36. The number of carbonyl (C=O) groups is 1. The molecule has 3 rings (SSSR count). The van der Waals surface area contributed by atoms with Crippen LogP contribution in [0.3, 0.4) is 0 Å². The fourth-order valence-corrected chi connectivity index (χ4v) is 4.26. The summed E-state index contributed by atoms with van der Waals surface area (Å²) in [5.41, 5.74) is 2.57. The van der Waals surface area contributed by atoms with Gasteiger partial charge in [0, 0.05) is 21.5 Å². The number of aryl methyl sites for hydroxylation is 1. The van der Waals surface area contributed by atoms with E-state index in [1.54, 1.807) is 26.4 Å². The molecule has 5 nitrogen and oxygen atoms in total. The molecule has 0 saturated carbocycles. The van der Waals surface area contributed by atoms with Gasteiger partial charge in [-0.15, -0.1) is 11.3 Å². The van der Waals surface area contributed by atoms with Gasteiger partial charge in [-0.25, -0.2) is 4.98 Å². The van der Waals surface area contributed by atoms with Crippen molar-refractivity contribution in [3.63, 3.8) is 0 Å². The number of hydrogen-bond acceptors (Lipinski definition) is 5. The molecule has 0 fully saturated rings. The number of aromatic nitrogens is 1. The van der Waals surface area contributed by atoms with Crippen molar-refractivity contribution in [3.8, 4) is 22.8 Å². The minimum atomic E-state index is -0.271. The zero-order valence-electron chi connectivity index (χ0n) is 16.0. The highest BCUT2D eigenvalue weighted by atomic mass is 79.9. The summed E-state index contributed by atoms with van der Waals surface area (Å²) in [6, 6.07) is 11.1. The fourth-order valence-electron chi connectivity index (χ4n) is 2.68. The normalized spacial score (nSPS) is 10.9. The summed E-state index contributed by atoms with van der Waals surface area (Å²) < 4.78 is 11.4. The Balaban J connectivity index is 1.74. The number of anilines is 1. The molecule has 0 spiro atoms. The molecule has 2 aromatic carbocycles. The van der Waals surface area contributed by atoms with Gasteiger partial charge in [0.1, 0.15) is 0 Å². The second-order valence-corrected chi connectivity index (χ2v) is 8.49. The highest BCUT2D eigenvalue weighted by Gasteiger charge is 2.12. The third-order valence-electron chi connectivity index (χ3n) is 4.03. The molecule has 3 aromatic rings. The first-order chi connectivity index (χ1) is 13.9. The molecule has 1 heterocycles. The van der Waals surface area contributed by atoms with E-state index in [9.17, 15) is 4.79 Å². The lowest BCUT2D eigenvalue weighted by Crippen LogP contribution is -2.07. The fraction of sp³-hybridized carbons (Fsp3) is 0.143. The van der Waals surface area contributed by atoms with Crippen molar-refractivity contribution in [2.24, 2.45) is 0 Å². The number of benzene rings is 2. The SMILES string of the molecule is COc1cc(/C=C/C(=O)Nc2nc(-c3ccc(Cl)cc3)c(C)s2)cc(Br)c1OC. The van der Waals surface area contributed by atoms with E-state index in [4.69, 9.17) is 21.1 Å². The minimum Gasteiger partial charge on any atom is -0.493 e. The molecule has 29 heavy (non-hydrogen) atoms. The quantitative estimate of drug-likeness (QED) is 0.415. The van der Waals surface area contributed by atoms with Gasteiger partial charge in [0.2, 0.25) is 5.91 Å². The first-order valence-electron chi connectivity index (χ1n) is 8.55. The largest absolute Gasteiger partial charge is 0.493 e. The van der Waals surface area contributed by atoms with Crippen LogP contribution in [0.2, 0.25) is 5.02 Å². The van der Waals surface area contributed by atoms with Gasteiger partial charge in [0.25, 0.3) is 0 Å². The Morgan fingerprint density at radius 1 is 1.21 bits per heavy atom. The van der Waals surface area contributed by atoms with Crippen LogP contribution in [-0.2, 0) is 4.79 Å². The van der Waals surface area contributed by atoms with Crippen LogP contribution in [-0.4, -0.2) is 25.1 Å². The molecule has 1 N–H and O–H groups in total. The van der Waals surface area contributed by atoms with E-state index < -0.39 is 0 Å². The van der Waals surface area contributed by atoms with E-state index in [1.807, 2.05) is 37.3 Å². The van der Waals surface area contributed by atoms with Crippen molar-refractivity contribution < 1.29 is 14.3 Å². The van der Waals surface area contributed by atoms with Crippen LogP contribution < -0.4 is 14.8 Å². The maximum atomic E-state index is 12.3. The number of nitrogens with zero attached hydrogens (tertiary/aromatic N) is 1. The van der Waals surface area contributed by atoms with Crippen LogP contribution in [0.4, 0.5) is 5.13 Å². The molecule has 0 aliphatic rings. The smallest absolute Gasteiger partial charge is 0.250 e. The molecule has 8 heteroatoms. The lowest BCUT2D eigenvalue weighted by atomic mass is 10.1. The molecule has 1 aromatic heterocycles. The van der Waals surface area contributed by atoms with E-state index in [-0.39, 0.29) is 5.91 Å². The predicted molar refractivity (Wildman–Crippen MR) is 122 cm³/mol. The van der Waals surface area contributed by atoms with Crippen molar-refractivity contribution in [3.05, 3.63) is 62.4 Å². The lowest BCUT2D eigenvalue weighted by molar-refractivity contribution is -0.111. The average molecular weight is 494 g/mol. The first kappa shape index (κ1) is 21.4. The zero-order valence-corrected chi connectivity index (χ0v) is 19.1. The molecule has 1 amide bonds. The number of rotatable bonds is 6. The van der Waals surface area contributed by atoms with Crippen molar-refractivity contribution >= 4 is 56.0 Å². The van der Waals surface area contributed by atoms with Crippen molar-refractivity contribution in [1.82, 2.24) is 4.98 Å². The van der Waals surface area contributed by atoms with Gasteiger partial charge < -0.3 is 9.47 Å². The van der Waals surface area contributed by atoms with Gasteiger partial charge in [-0.05, 0) is 58.8 Å². The van der Waals surface area contributed by atoms with E-state index in [1.165, 1.54) is 17.4 Å². The molecular formula is C21H18BrClN2O3S. The summed E-state index contributed by atoms with van der Waals surface area (Å²) >= 11 is 10.8. The molecule has 0 radical (unpaired) electrons. The summed E-state index contributed by atoms with van der Waals surface area (Å²) in [5, 5.41) is 4.01. The van der Waals surface area contributed by atoms with Gasteiger partial charge in [-0.3, -0.25) is 10.1 Å². The summed E-state index contributed by atoms with van der Waals surface area (Å²) in [4.78, 5) is 17.9. The van der Waals surface area contributed by atoms with Crippen molar-refractivity contribution in [2.75, 3.05) is 19.5 Å². The Hall–Kier alpha value is -2.35. The first-order valence-corrected chi connectivity index (χ1v) is 10.5. The Kier molecular flexibility index (Phi) is 6.95. The monoisotopic (exact) mass is 492 g/mol. The second-order valence-electron chi connectivity index (χ2n) is 5.99. The third-order valence-corrected chi connectivity index (χ3v) is 5.75. The van der Waals surface area contributed by atoms with Crippen LogP contribution in [0.1, 0.15) is 10.4 Å².